The molecule has 0 amide bonds. The summed E-state index contributed by atoms with van der Waals surface area (Å²) in [6.07, 6.45) is 18.1. The van der Waals surface area contributed by atoms with Crippen LogP contribution in [-0.2, 0) is 4.74 Å². The van der Waals surface area contributed by atoms with Gasteiger partial charge in [-0.3, -0.25) is 0 Å². The minimum Gasteiger partial charge on any atom is -0.359 e. The Bertz CT molecular complexity index is 385. The van der Waals surface area contributed by atoms with Gasteiger partial charge in [-0.15, -0.1) is 0 Å². The van der Waals surface area contributed by atoms with Gasteiger partial charge >= 0.3 is 0 Å². The fraction of sp³-hybridized carbons (Fsp3) is 0.778. The predicted molar refractivity (Wildman–Crippen MR) is 84.8 cm³/mol. The first-order valence-electron chi connectivity index (χ1n) is 8.30. The molecule has 2 fully saturated rings. The lowest BCUT2D eigenvalue weighted by Gasteiger charge is -2.45. The quantitative estimate of drug-likeness (QED) is 0.625. The van der Waals surface area contributed by atoms with Crippen molar-refractivity contribution < 1.29 is 4.74 Å². The van der Waals surface area contributed by atoms with Crippen LogP contribution in [0.5, 0.6) is 0 Å². The van der Waals surface area contributed by atoms with Gasteiger partial charge in [0.15, 0.2) is 0 Å². The molecule has 0 spiro atoms. The summed E-state index contributed by atoms with van der Waals surface area (Å²) in [5.41, 5.74) is 0.0976. The molecule has 0 N–H and O–H groups in total. The number of alkyl halides is 1. The van der Waals surface area contributed by atoms with Crippen LogP contribution in [0.2, 0.25) is 0 Å². The topological polar surface area (TPSA) is 9.23 Å². The van der Waals surface area contributed by atoms with Crippen LogP contribution in [-0.4, -0.2) is 11.7 Å². The molecule has 3 rings (SSSR count). The van der Waals surface area contributed by atoms with Gasteiger partial charge in [-0.25, -0.2) is 0 Å². The average molecular weight is 295 g/mol. The van der Waals surface area contributed by atoms with Crippen LogP contribution < -0.4 is 0 Å². The van der Waals surface area contributed by atoms with E-state index in [1.54, 1.807) is 0 Å². The van der Waals surface area contributed by atoms with Crippen molar-refractivity contribution in [2.24, 2.45) is 23.7 Å². The van der Waals surface area contributed by atoms with Crippen LogP contribution in [0.4, 0.5) is 0 Å². The van der Waals surface area contributed by atoms with Crippen molar-refractivity contribution in [2.45, 2.75) is 57.5 Å². The molecule has 0 aromatic heterocycles. The standard InChI is InChI=1S/C18H27ClO/c1-2-14-10-16-8-9-18(12-14,20-13-19)17(16)11-15-6-4-3-5-7-15/h3-6,14-17H,2,7-13H2,1H3. The van der Waals surface area contributed by atoms with E-state index in [9.17, 15) is 0 Å². The third-order valence-electron chi connectivity index (χ3n) is 6.00. The van der Waals surface area contributed by atoms with Gasteiger partial charge in [-0.2, -0.15) is 0 Å². The van der Waals surface area contributed by atoms with Crippen molar-refractivity contribution in [1.82, 2.24) is 0 Å². The lowest BCUT2D eigenvalue weighted by Crippen LogP contribution is -2.44. The molecule has 0 saturated heterocycles. The molecule has 0 aliphatic heterocycles. The molecule has 0 radical (unpaired) electrons. The molecule has 3 aliphatic rings. The summed E-state index contributed by atoms with van der Waals surface area (Å²) in [5, 5.41) is 0. The van der Waals surface area contributed by atoms with Crippen LogP contribution in [0.15, 0.2) is 24.3 Å². The maximum Gasteiger partial charge on any atom is 0.121 e. The minimum absolute atomic E-state index is 0.0976. The highest BCUT2D eigenvalue weighted by Crippen LogP contribution is 2.56. The summed E-state index contributed by atoms with van der Waals surface area (Å²) in [7, 11) is 0. The van der Waals surface area contributed by atoms with Crippen molar-refractivity contribution in [1.29, 1.82) is 0 Å². The van der Waals surface area contributed by atoms with Gasteiger partial charge in [0.2, 0.25) is 0 Å². The Morgan fingerprint density at radius 2 is 2.25 bits per heavy atom. The number of ether oxygens (including phenoxy) is 1. The summed E-state index contributed by atoms with van der Waals surface area (Å²) < 4.78 is 6.17. The molecule has 3 aliphatic carbocycles. The van der Waals surface area contributed by atoms with Crippen LogP contribution in [0.25, 0.3) is 0 Å². The van der Waals surface area contributed by atoms with E-state index in [-0.39, 0.29) is 5.60 Å². The Labute approximate surface area is 128 Å². The van der Waals surface area contributed by atoms with Gasteiger partial charge < -0.3 is 4.74 Å². The van der Waals surface area contributed by atoms with Crippen molar-refractivity contribution in [3.63, 3.8) is 0 Å². The number of rotatable bonds is 5. The molecule has 0 aromatic carbocycles. The van der Waals surface area contributed by atoms with E-state index in [2.05, 4.69) is 31.2 Å². The maximum atomic E-state index is 6.17. The van der Waals surface area contributed by atoms with E-state index in [1.807, 2.05) is 0 Å². The Morgan fingerprint density at radius 3 is 2.95 bits per heavy atom. The van der Waals surface area contributed by atoms with E-state index in [0.717, 1.165) is 17.8 Å². The van der Waals surface area contributed by atoms with Crippen LogP contribution >= 0.6 is 11.6 Å². The first-order chi connectivity index (χ1) is 9.77. The molecule has 5 atom stereocenters. The molecule has 0 heterocycles. The van der Waals surface area contributed by atoms with Gasteiger partial charge in [0.1, 0.15) is 6.07 Å². The fourth-order valence-corrected chi connectivity index (χ4v) is 5.20. The largest absolute Gasteiger partial charge is 0.359 e. The first kappa shape index (κ1) is 14.7. The highest BCUT2D eigenvalue weighted by atomic mass is 35.5. The number of hydrogen-bond donors (Lipinski definition) is 0. The smallest absolute Gasteiger partial charge is 0.121 e. The van der Waals surface area contributed by atoms with E-state index >= 15 is 0 Å². The molecule has 5 unspecified atom stereocenters. The number of halogens is 1. The second-order valence-electron chi connectivity index (χ2n) is 6.98. The molecule has 20 heavy (non-hydrogen) atoms. The van der Waals surface area contributed by atoms with Crippen molar-refractivity contribution in [3.8, 4) is 0 Å². The van der Waals surface area contributed by atoms with Crippen LogP contribution in [0.3, 0.4) is 0 Å². The molecule has 2 saturated carbocycles. The molecule has 2 heteroatoms. The molecule has 0 aromatic rings. The summed E-state index contributed by atoms with van der Waals surface area (Å²) in [5.74, 6) is 3.16. The third kappa shape index (κ3) is 2.72. The molecule has 112 valence electrons. The van der Waals surface area contributed by atoms with Gasteiger partial charge in [0.05, 0.1) is 5.60 Å². The fourth-order valence-electron chi connectivity index (χ4n) is 4.98. The molecular weight excluding hydrogens is 268 g/mol. The maximum absolute atomic E-state index is 6.17. The summed E-state index contributed by atoms with van der Waals surface area (Å²) in [6, 6.07) is 0.361. The minimum atomic E-state index is 0.0976. The molecule has 1 nitrogen and oxygen atoms in total. The monoisotopic (exact) mass is 294 g/mol. The highest BCUT2D eigenvalue weighted by molar-refractivity contribution is 6.17. The number of allylic oxidation sites excluding steroid dienone is 4. The SMILES string of the molecule is CCC1CC2CCC(OCCl)(C1)C2CC1C=CC=CC1. The third-order valence-corrected chi connectivity index (χ3v) is 6.11. The second-order valence-corrected chi connectivity index (χ2v) is 7.20. The van der Waals surface area contributed by atoms with Gasteiger partial charge in [-0.1, -0.05) is 49.2 Å². The Balaban J connectivity index is 1.74. The van der Waals surface area contributed by atoms with Crippen LogP contribution in [0, 0.1) is 23.7 Å². The molecular formula is C18H27ClO. The van der Waals surface area contributed by atoms with E-state index in [1.165, 1.54) is 44.9 Å². The van der Waals surface area contributed by atoms with Gasteiger partial charge in [-0.05, 0) is 62.2 Å². The van der Waals surface area contributed by atoms with E-state index < -0.39 is 0 Å². The lowest BCUT2D eigenvalue weighted by atomic mass is 9.66. The van der Waals surface area contributed by atoms with Gasteiger partial charge in [0.25, 0.3) is 0 Å². The second kappa shape index (κ2) is 6.23. The first-order valence-corrected chi connectivity index (χ1v) is 8.84. The Hall–Kier alpha value is -0.270. The Kier molecular flexibility index (Phi) is 4.57. The summed E-state index contributed by atoms with van der Waals surface area (Å²) >= 11 is 5.97. The summed E-state index contributed by atoms with van der Waals surface area (Å²) in [4.78, 5) is 0. The predicted octanol–water partition coefficient (Wildman–Crippen LogP) is 5.31. The van der Waals surface area contributed by atoms with Crippen molar-refractivity contribution in [3.05, 3.63) is 24.3 Å². The zero-order valence-corrected chi connectivity index (χ0v) is 13.3. The van der Waals surface area contributed by atoms with Crippen LogP contribution in [0.1, 0.15) is 51.9 Å². The highest BCUT2D eigenvalue weighted by Gasteiger charge is 2.53. The lowest BCUT2D eigenvalue weighted by molar-refractivity contribution is -0.0994. The van der Waals surface area contributed by atoms with Gasteiger partial charge in [0, 0.05) is 0 Å². The molecule has 2 bridgehead atoms. The summed E-state index contributed by atoms with van der Waals surface area (Å²) in [6.45, 7) is 2.33. The average Bonchev–Trinajstić information content (AvgIpc) is 2.69. The van der Waals surface area contributed by atoms with E-state index in [0.29, 0.717) is 12.0 Å². The zero-order valence-electron chi connectivity index (χ0n) is 12.6. The number of hydrogen-bond acceptors (Lipinski definition) is 1. The number of fused-ring (bicyclic) bond motifs is 2. The van der Waals surface area contributed by atoms with Crippen molar-refractivity contribution >= 4 is 11.6 Å². The Morgan fingerprint density at radius 1 is 1.35 bits per heavy atom. The zero-order chi connectivity index (χ0) is 14.0. The van der Waals surface area contributed by atoms with Crippen molar-refractivity contribution in [2.75, 3.05) is 6.07 Å². The normalized spacial score (nSPS) is 43.1. The van der Waals surface area contributed by atoms with E-state index in [4.69, 9.17) is 16.3 Å².